The van der Waals surface area contributed by atoms with E-state index >= 15 is 0 Å². The average Bonchev–Trinajstić information content (AvgIpc) is 2.43. The Balaban J connectivity index is 1.74. The zero-order valence-electron chi connectivity index (χ0n) is 13.0. The summed E-state index contributed by atoms with van der Waals surface area (Å²) in [6.45, 7) is 5.00. The number of carbonyl (C=O) groups excluding carboxylic acids is 1. The van der Waals surface area contributed by atoms with Crippen molar-refractivity contribution in [2.24, 2.45) is 11.7 Å². The summed E-state index contributed by atoms with van der Waals surface area (Å²) in [6.07, 6.45) is 4.01. The Bertz CT molecular complexity index is 485. The lowest BCUT2D eigenvalue weighted by molar-refractivity contribution is -0.128. The van der Waals surface area contributed by atoms with E-state index in [1.165, 1.54) is 0 Å². The Morgan fingerprint density at radius 1 is 1.48 bits per heavy atom. The van der Waals surface area contributed by atoms with E-state index < -0.39 is 0 Å². The van der Waals surface area contributed by atoms with Crippen molar-refractivity contribution in [3.05, 3.63) is 29.8 Å². The van der Waals surface area contributed by atoms with Gasteiger partial charge in [0.15, 0.2) is 0 Å². The molecule has 0 heterocycles. The Hall–Kier alpha value is -1.55. The van der Waals surface area contributed by atoms with Crippen LogP contribution in [0.2, 0.25) is 0 Å². The summed E-state index contributed by atoms with van der Waals surface area (Å²) in [5, 5.41) is 2.95. The summed E-state index contributed by atoms with van der Waals surface area (Å²) >= 11 is 0. The Morgan fingerprint density at radius 2 is 2.29 bits per heavy atom. The Kier molecular flexibility index (Phi) is 5.23. The normalized spacial score (nSPS) is 25.4. The molecule has 1 aliphatic carbocycles. The van der Waals surface area contributed by atoms with Gasteiger partial charge in [0.05, 0.1) is 12.5 Å². The first kappa shape index (κ1) is 15.8. The van der Waals surface area contributed by atoms with Crippen molar-refractivity contribution in [3.63, 3.8) is 0 Å². The average molecular weight is 290 g/mol. The highest BCUT2D eigenvalue weighted by atomic mass is 16.5. The number of ether oxygens (including phenoxy) is 1. The van der Waals surface area contributed by atoms with Crippen LogP contribution in [0.5, 0.6) is 5.75 Å². The Labute approximate surface area is 127 Å². The van der Waals surface area contributed by atoms with Crippen molar-refractivity contribution < 1.29 is 9.53 Å². The number of hydrogen-bond donors (Lipinski definition) is 2. The fourth-order valence-corrected chi connectivity index (χ4v) is 2.96. The lowest BCUT2D eigenvalue weighted by atomic mass is 9.74. The molecule has 116 valence electrons. The molecular formula is C17H26N2O2. The highest BCUT2D eigenvalue weighted by Crippen LogP contribution is 2.31. The van der Waals surface area contributed by atoms with Crippen molar-refractivity contribution in [2.75, 3.05) is 13.2 Å². The van der Waals surface area contributed by atoms with Crippen LogP contribution in [0.1, 0.15) is 38.2 Å². The minimum absolute atomic E-state index is 0.0625. The third-order valence-electron chi connectivity index (χ3n) is 4.23. The lowest BCUT2D eigenvalue weighted by Crippen LogP contribution is -2.53. The Morgan fingerprint density at radius 3 is 3.00 bits per heavy atom. The molecule has 2 unspecified atom stereocenters. The van der Waals surface area contributed by atoms with Crippen molar-refractivity contribution in [1.82, 2.24) is 5.32 Å². The molecule has 1 fully saturated rings. The van der Waals surface area contributed by atoms with Crippen LogP contribution in [0.3, 0.4) is 0 Å². The van der Waals surface area contributed by atoms with Crippen LogP contribution in [0.25, 0.3) is 0 Å². The number of nitrogens with two attached hydrogens (primary N) is 1. The van der Waals surface area contributed by atoms with Gasteiger partial charge in [-0.1, -0.05) is 25.0 Å². The SMILES string of the molecule is Cc1cccc(OCCNC(=O)C2CCCCC2(C)N)c1. The smallest absolute Gasteiger partial charge is 0.225 e. The van der Waals surface area contributed by atoms with Crippen LogP contribution < -0.4 is 15.8 Å². The predicted octanol–water partition coefficient (Wildman–Crippen LogP) is 2.40. The van der Waals surface area contributed by atoms with Crippen LogP contribution in [-0.4, -0.2) is 24.6 Å². The number of carbonyl (C=O) groups is 1. The maximum absolute atomic E-state index is 12.2. The molecule has 1 aromatic rings. The summed E-state index contributed by atoms with van der Waals surface area (Å²) in [5.74, 6) is 0.823. The van der Waals surface area contributed by atoms with Crippen LogP contribution in [0, 0.1) is 12.8 Å². The molecule has 4 nitrogen and oxygen atoms in total. The molecule has 3 N–H and O–H groups in total. The maximum Gasteiger partial charge on any atom is 0.225 e. The van der Waals surface area contributed by atoms with E-state index in [0.29, 0.717) is 13.2 Å². The molecule has 0 aliphatic heterocycles. The van der Waals surface area contributed by atoms with Crippen LogP contribution in [0.15, 0.2) is 24.3 Å². The van der Waals surface area contributed by atoms with Gasteiger partial charge in [-0.05, 0) is 44.4 Å². The molecule has 1 aliphatic rings. The molecule has 4 heteroatoms. The number of hydrogen-bond acceptors (Lipinski definition) is 3. The van der Waals surface area contributed by atoms with E-state index in [1.807, 2.05) is 38.1 Å². The molecule has 0 aromatic heterocycles. The fourth-order valence-electron chi connectivity index (χ4n) is 2.96. The van der Waals surface area contributed by atoms with Gasteiger partial charge in [0.25, 0.3) is 0 Å². The minimum Gasteiger partial charge on any atom is -0.492 e. The standard InChI is InChI=1S/C17H26N2O2/c1-13-6-5-7-14(12-13)21-11-10-19-16(20)15-8-3-4-9-17(15,2)18/h5-7,12,15H,3-4,8-11,18H2,1-2H3,(H,19,20). The maximum atomic E-state index is 12.2. The topological polar surface area (TPSA) is 64.3 Å². The number of benzene rings is 1. The van der Waals surface area contributed by atoms with Gasteiger partial charge in [0, 0.05) is 5.54 Å². The van der Waals surface area contributed by atoms with Crippen molar-refractivity contribution in [2.45, 2.75) is 45.1 Å². The number of nitrogens with one attached hydrogen (secondary N) is 1. The van der Waals surface area contributed by atoms with E-state index in [-0.39, 0.29) is 17.4 Å². The highest BCUT2D eigenvalue weighted by Gasteiger charge is 2.37. The molecular weight excluding hydrogens is 264 g/mol. The minimum atomic E-state index is -0.375. The van der Waals surface area contributed by atoms with Gasteiger partial charge in [-0.25, -0.2) is 0 Å². The molecule has 2 rings (SSSR count). The first-order chi connectivity index (χ1) is 9.99. The fraction of sp³-hybridized carbons (Fsp3) is 0.588. The molecule has 1 amide bonds. The molecule has 21 heavy (non-hydrogen) atoms. The second-order valence-electron chi connectivity index (χ2n) is 6.26. The van der Waals surface area contributed by atoms with Gasteiger partial charge in [-0.3, -0.25) is 4.79 Å². The van der Waals surface area contributed by atoms with E-state index in [9.17, 15) is 4.79 Å². The van der Waals surface area contributed by atoms with Gasteiger partial charge >= 0.3 is 0 Å². The zero-order chi connectivity index (χ0) is 15.3. The number of rotatable bonds is 5. The molecule has 1 aromatic carbocycles. The van der Waals surface area contributed by atoms with Crippen LogP contribution >= 0.6 is 0 Å². The van der Waals surface area contributed by atoms with Crippen LogP contribution in [-0.2, 0) is 4.79 Å². The van der Waals surface area contributed by atoms with Gasteiger partial charge in [-0.2, -0.15) is 0 Å². The van der Waals surface area contributed by atoms with E-state index in [0.717, 1.165) is 37.0 Å². The first-order valence-electron chi connectivity index (χ1n) is 7.75. The van der Waals surface area contributed by atoms with Gasteiger partial charge in [-0.15, -0.1) is 0 Å². The van der Waals surface area contributed by atoms with Gasteiger partial charge < -0.3 is 15.8 Å². The molecule has 0 radical (unpaired) electrons. The first-order valence-corrected chi connectivity index (χ1v) is 7.75. The van der Waals surface area contributed by atoms with Crippen molar-refractivity contribution in [3.8, 4) is 5.75 Å². The molecule has 0 bridgehead atoms. The summed E-state index contributed by atoms with van der Waals surface area (Å²) in [6, 6.07) is 7.90. The second-order valence-corrected chi connectivity index (χ2v) is 6.26. The monoisotopic (exact) mass is 290 g/mol. The number of amides is 1. The second kappa shape index (κ2) is 6.94. The third-order valence-corrected chi connectivity index (χ3v) is 4.23. The van der Waals surface area contributed by atoms with Gasteiger partial charge in [0.1, 0.15) is 12.4 Å². The molecule has 2 atom stereocenters. The van der Waals surface area contributed by atoms with E-state index in [1.54, 1.807) is 0 Å². The lowest BCUT2D eigenvalue weighted by Gasteiger charge is -2.37. The number of aryl methyl sites for hydroxylation is 1. The molecule has 1 saturated carbocycles. The third kappa shape index (κ3) is 4.46. The molecule has 0 saturated heterocycles. The predicted molar refractivity (Wildman–Crippen MR) is 84.2 cm³/mol. The zero-order valence-corrected chi connectivity index (χ0v) is 13.0. The quantitative estimate of drug-likeness (QED) is 0.818. The van der Waals surface area contributed by atoms with Crippen LogP contribution in [0.4, 0.5) is 0 Å². The summed E-state index contributed by atoms with van der Waals surface area (Å²) in [4.78, 5) is 12.2. The summed E-state index contributed by atoms with van der Waals surface area (Å²) in [7, 11) is 0. The summed E-state index contributed by atoms with van der Waals surface area (Å²) in [5.41, 5.74) is 7.03. The van der Waals surface area contributed by atoms with Gasteiger partial charge in [0.2, 0.25) is 5.91 Å². The van der Waals surface area contributed by atoms with E-state index in [4.69, 9.17) is 10.5 Å². The largest absolute Gasteiger partial charge is 0.492 e. The van der Waals surface area contributed by atoms with Crippen molar-refractivity contribution >= 4 is 5.91 Å². The summed E-state index contributed by atoms with van der Waals surface area (Å²) < 4.78 is 5.63. The highest BCUT2D eigenvalue weighted by molar-refractivity contribution is 5.80. The van der Waals surface area contributed by atoms with Crippen molar-refractivity contribution in [1.29, 1.82) is 0 Å². The molecule has 0 spiro atoms. The van der Waals surface area contributed by atoms with E-state index in [2.05, 4.69) is 5.32 Å².